The maximum Gasteiger partial charge on any atom is 0.191 e. The number of nitrogens with zero attached hydrogens (tertiary/aromatic N) is 3. The first-order valence-electron chi connectivity index (χ1n) is 7.15. The second kappa shape index (κ2) is 10.3. The van der Waals surface area contributed by atoms with E-state index in [1.54, 1.807) is 6.08 Å². The second-order valence-electron chi connectivity index (χ2n) is 4.63. The van der Waals surface area contributed by atoms with E-state index in [1.807, 2.05) is 48.3 Å². The van der Waals surface area contributed by atoms with E-state index >= 15 is 0 Å². The van der Waals surface area contributed by atoms with Gasteiger partial charge < -0.3 is 10.6 Å². The van der Waals surface area contributed by atoms with Gasteiger partial charge in [-0.3, -0.25) is 0 Å². The van der Waals surface area contributed by atoms with Crippen LogP contribution < -0.4 is 10.6 Å². The lowest BCUT2D eigenvalue weighted by molar-refractivity contribution is 0.859. The summed E-state index contributed by atoms with van der Waals surface area (Å²) in [5, 5.41) is 11.4. The lowest BCUT2D eigenvalue weighted by Gasteiger charge is -2.08. The van der Waals surface area contributed by atoms with Crippen molar-refractivity contribution >= 4 is 41.5 Å². The lowest BCUT2D eigenvalue weighted by atomic mass is 10.3. The molecule has 1 aromatic carbocycles. The molecule has 0 aliphatic carbocycles. The Balaban J connectivity index is 0.00000264. The van der Waals surface area contributed by atoms with Crippen LogP contribution in [0.2, 0.25) is 5.02 Å². The van der Waals surface area contributed by atoms with Gasteiger partial charge in [-0.05, 0) is 31.2 Å². The van der Waals surface area contributed by atoms with Gasteiger partial charge in [0.2, 0.25) is 0 Å². The van der Waals surface area contributed by atoms with Crippen molar-refractivity contribution in [1.29, 1.82) is 0 Å². The molecule has 0 atom stereocenters. The van der Waals surface area contributed by atoms with E-state index in [9.17, 15) is 0 Å². The standard InChI is InChI=1S/C16H20ClN5.HI/c1-3-9-19-16(18-4-2)20-10-13-11-21-22(12-13)15-7-5-14(17)6-8-15;/h3,5-8,11-12H,1,4,9-10H2,2H3,(H2,18,19,20);1H. The third kappa shape index (κ3) is 6.23. The van der Waals surface area contributed by atoms with Crippen molar-refractivity contribution in [2.45, 2.75) is 13.5 Å². The first-order valence-corrected chi connectivity index (χ1v) is 7.53. The van der Waals surface area contributed by atoms with Crippen molar-refractivity contribution in [3.8, 4) is 5.69 Å². The highest BCUT2D eigenvalue weighted by molar-refractivity contribution is 14.0. The third-order valence-electron chi connectivity index (χ3n) is 2.91. The molecule has 0 radical (unpaired) electrons. The highest BCUT2D eigenvalue weighted by Crippen LogP contribution is 2.13. The van der Waals surface area contributed by atoms with Crippen LogP contribution in [0, 0.1) is 0 Å². The molecule has 7 heteroatoms. The number of guanidine groups is 1. The normalized spacial score (nSPS) is 10.8. The number of hydrogen-bond acceptors (Lipinski definition) is 2. The predicted molar refractivity (Wildman–Crippen MR) is 107 cm³/mol. The van der Waals surface area contributed by atoms with Crippen molar-refractivity contribution in [3.63, 3.8) is 0 Å². The molecular formula is C16H21ClIN5. The van der Waals surface area contributed by atoms with Crippen LogP contribution in [0.4, 0.5) is 0 Å². The van der Waals surface area contributed by atoms with Gasteiger partial charge in [0.25, 0.3) is 0 Å². The summed E-state index contributed by atoms with van der Waals surface area (Å²) in [4.78, 5) is 4.51. The fourth-order valence-electron chi connectivity index (χ4n) is 1.86. The zero-order valence-corrected chi connectivity index (χ0v) is 16.1. The Hall–Kier alpha value is -1.54. The molecule has 23 heavy (non-hydrogen) atoms. The van der Waals surface area contributed by atoms with Crippen molar-refractivity contribution < 1.29 is 0 Å². The number of rotatable bonds is 6. The molecule has 2 rings (SSSR count). The predicted octanol–water partition coefficient (Wildman–Crippen LogP) is 3.38. The zero-order valence-electron chi connectivity index (χ0n) is 13.0. The second-order valence-corrected chi connectivity index (χ2v) is 5.07. The Morgan fingerprint density at radius 2 is 2.09 bits per heavy atom. The molecule has 2 N–H and O–H groups in total. The van der Waals surface area contributed by atoms with Crippen LogP contribution in [0.15, 0.2) is 54.3 Å². The first kappa shape index (κ1) is 19.5. The fraction of sp³-hybridized carbons (Fsp3) is 0.250. The minimum atomic E-state index is 0. The van der Waals surface area contributed by atoms with E-state index in [0.29, 0.717) is 18.1 Å². The third-order valence-corrected chi connectivity index (χ3v) is 3.16. The molecule has 1 heterocycles. The Morgan fingerprint density at radius 3 is 2.74 bits per heavy atom. The van der Waals surface area contributed by atoms with E-state index in [4.69, 9.17) is 11.6 Å². The van der Waals surface area contributed by atoms with Crippen molar-refractivity contribution in [1.82, 2.24) is 20.4 Å². The van der Waals surface area contributed by atoms with Gasteiger partial charge in [0.15, 0.2) is 5.96 Å². The van der Waals surface area contributed by atoms with E-state index in [1.165, 1.54) is 0 Å². The molecule has 0 fully saturated rings. The Kier molecular flexibility index (Phi) is 8.71. The monoisotopic (exact) mass is 445 g/mol. The molecule has 0 unspecified atom stereocenters. The summed E-state index contributed by atoms with van der Waals surface area (Å²) < 4.78 is 1.81. The molecule has 2 aromatic rings. The summed E-state index contributed by atoms with van der Waals surface area (Å²) in [6.07, 6.45) is 5.57. The molecule has 0 amide bonds. The van der Waals surface area contributed by atoms with Crippen molar-refractivity contribution in [3.05, 3.63) is 59.9 Å². The van der Waals surface area contributed by atoms with Crippen LogP contribution in [0.5, 0.6) is 0 Å². The lowest BCUT2D eigenvalue weighted by Crippen LogP contribution is -2.37. The molecule has 0 saturated heterocycles. The van der Waals surface area contributed by atoms with Gasteiger partial charge in [0, 0.05) is 29.9 Å². The number of benzene rings is 1. The Bertz CT molecular complexity index is 636. The SMILES string of the molecule is C=CCNC(=NCc1cnn(-c2ccc(Cl)cc2)c1)NCC.I. The summed E-state index contributed by atoms with van der Waals surface area (Å²) in [6, 6.07) is 7.55. The highest BCUT2D eigenvalue weighted by Gasteiger charge is 2.02. The fourth-order valence-corrected chi connectivity index (χ4v) is 1.98. The maximum atomic E-state index is 5.89. The first-order chi connectivity index (χ1) is 10.7. The summed E-state index contributed by atoms with van der Waals surface area (Å²) in [6.45, 7) is 7.76. The number of aliphatic imine (C=N–C) groups is 1. The van der Waals surface area contributed by atoms with Crippen LogP contribution in [0.25, 0.3) is 5.69 Å². The summed E-state index contributed by atoms with van der Waals surface area (Å²) in [5.41, 5.74) is 2.00. The maximum absolute atomic E-state index is 5.89. The van der Waals surface area contributed by atoms with Gasteiger partial charge in [0.05, 0.1) is 18.4 Å². The van der Waals surface area contributed by atoms with Gasteiger partial charge >= 0.3 is 0 Å². The van der Waals surface area contributed by atoms with Crippen LogP contribution in [0.1, 0.15) is 12.5 Å². The number of aromatic nitrogens is 2. The minimum absolute atomic E-state index is 0. The van der Waals surface area contributed by atoms with E-state index < -0.39 is 0 Å². The average Bonchev–Trinajstić information content (AvgIpc) is 3.00. The minimum Gasteiger partial charge on any atom is -0.357 e. The van der Waals surface area contributed by atoms with Crippen LogP contribution in [0.3, 0.4) is 0 Å². The number of halogens is 2. The molecular weight excluding hydrogens is 425 g/mol. The largest absolute Gasteiger partial charge is 0.357 e. The molecule has 0 bridgehead atoms. The Labute approximate surface area is 158 Å². The molecule has 5 nitrogen and oxygen atoms in total. The molecule has 0 spiro atoms. The topological polar surface area (TPSA) is 54.2 Å². The van der Waals surface area contributed by atoms with Crippen molar-refractivity contribution in [2.24, 2.45) is 4.99 Å². The summed E-state index contributed by atoms with van der Waals surface area (Å²) >= 11 is 5.89. The summed E-state index contributed by atoms with van der Waals surface area (Å²) in [5.74, 6) is 0.765. The van der Waals surface area contributed by atoms with Crippen molar-refractivity contribution in [2.75, 3.05) is 13.1 Å². The van der Waals surface area contributed by atoms with Crippen LogP contribution in [-0.4, -0.2) is 28.8 Å². The quantitative estimate of drug-likeness (QED) is 0.310. The molecule has 124 valence electrons. The average molecular weight is 446 g/mol. The van der Waals surface area contributed by atoms with Crippen LogP contribution >= 0.6 is 35.6 Å². The molecule has 1 aromatic heterocycles. The van der Waals surface area contributed by atoms with Gasteiger partial charge in [-0.15, -0.1) is 30.6 Å². The zero-order chi connectivity index (χ0) is 15.8. The van der Waals surface area contributed by atoms with Gasteiger partial charge in [-0.2, -0.15) is 5.10 Å². The van der Waals surface area contributed by atoms with Crippen LogP contribution in [-0.2, 0) is 6.54 Å². The smallest absolute Gasteiger partial charge is 0.191 e. The van der Waals surface area contributed by atoms with E-state index in [0.717, 1.165) is 23.8 Å². The van der Waals surface area contributed by atoms with Gasteiger partial charge in [-0.1, -0.05) is 17.7 Å². The number of hydrogen-bond donors (Lipinski definition) is 2. The van der Waals surface area contributed by atoms with Gasteiger partial charge in [0.1, 0.15) is 0 Å². The Morgan fingerprint density at radius 1 is 1.35 bits per heavy atom. The number of nitrogens with one attached hydrogen (secondary N) is 2. The summed E-state index contributed by atoms with van der Waals surface area (Å²) in [7, 11) is 0. The van der Waals surface area contributed by atoms with Gasteiger partial charge in [-0.25, -0.2) is 9.67 Å². The highest BCUT2D eigenvalue weighted by atomic mass is 127. The van der Waals surface area contributed by atoms with E-state index in [2.05, 4.69) is 27.3 Å². The van der Waals surface area contributed by atoms with E-state index in [-0.39, 0.29) is 24.0 Å². The molecule has 0 aliphatic heterocycles. The molecule has 0 aliphatic rings. The molecule has 0 saturated carbocycles.